The van der Waals surface area contributed by atoms with Crippen molar-refractivity contribution in [3.05, 3.63) is 39.7 Å². The van der Waals surface area contributed by atoms with Gasteiger partial charge in [0, 0.05) is 38.1 Å². The van der Waals surface area contributed by atoms with E-state index in [-0.39, 0.29) is 5.91 Å². The van der Waals surface area contributed by atoms with E-state index in [0.717, 1.165) is 55.6 Å². The highest BCUT2D eigenvalue weighted by Crippen LogP contribution is 2.15. The molecule has 0 aromatic carbocycles. The van der Waals surface area contributed by atoms with Gasteiger partial charge in [-0.1, -0.05) is 0 Å². The minimum Gasteiger partial charge on any atom is -0.456 e. The third kappa shape index (κ3) is 3.56. The molecule has 22 heavy (non-hydrogen) atoms. The van der Waals surface area contributed by atoms with Gasteiger partial charge in [-0.05, 0) is 32.4 Å². The molecular formula is C16H21N3O2S. The molecule has 0 unspecified atom stereocenters. The summed E-state index contributed by atoms with van der Waals surface area (Å²) in [6, 6.07) is 3.60. The first-order valence-electron chi connectivity index (χ1n) is 7.61. The number of nitrogens with zero attached hydrogens (tertiary/aromatic N) is 3. The van der Waals surface area contributed by atoms with E-state index in [0.29, 0.717) is 5.76 Å². The predicted octanol–water partition coefficient (Wildman–Crippen LogP) is 2.70. The van der Waals surface area contributed by atoms with E-state index in [1.54, 1.807) is 17.4 Å². The van der Waals surface area contributed by atoms with Gasteiger partial charge in [0.25, 0.3) is 5.91 Å². The SMILES string of the molecule is Cc1ccc(C(=O)N2CCCN(Cc3csc(C)n3)CC2)o1. The molecule has 0 aliphatic carbocycles. The second-order valence-corrected chi connectivity index (χ2v) is 6.75. The van der Waals surface area contributed by atoms with E-state index in [1.807, 2.05) is 24.8 Å². The summed E-state index contributed by atoms with van der Waals surface area (Å²) in [5.74, 6) is 1.22. The molecule has 1 aliphatic heterocycles. The second-order valence-electron chi connectivity index (χ2n) is 5.69. The second kappa shape index (κ2) is 6.62. The number of rotatable bonds is 3. The van der Waals surface area contributed by atoms with Crippen LogP contribution >= 0.6 is 11.3 Å². The van der Waals surface area contributed by atoms with Gasteiger partial charge >= 0.3 is 0 Å². The molecule has 5 nitrogen and oxygen atoms in total. The summed E-state index contributed by atoms with van der Waals surface area (Å²) in [7, 11) is 0. The van der Waals surface area contributed by atoms with Crippen LogP contribution in [0.5, 0.6) is 0 Å². The van der Waals surface area contributed by atoms with E-state index >= 15 is 0 Å². The van der Waals surface area contributed by atoms with Crippen molar-refractivity contribution in [1.29, 1.82) is 0 Å². The van der Waals surface area contributed by atoms with Crippen molar-refractivity contribution < 1.29 is 9.21 Å². The molecule has 0 N–H and O–H groups in total. The van der Waals surface area contributed by atoms with E-state index in [4.69, 9.17) is 4.42 Å². The molecule has 6 heteroatoms. The Morgan fingerprint density at radius 1 is 1.27 bits per heavy atom. The highest BCUT2D eigenvalue weighted by Gasteiger charge is 2.22. The summed E-state index contributed by atoms with van der Waals surface area (Å²) >= 11 is 1.69. The first-order chi connectivity index (χ1) is 10.6. The van der Waals surface area contributed by atoms with Gasteiger partial charge in [-0.2, -0.15) is 0 Å². The maximum Gasteiger partial charge on any atom is 0.289 e. The lowest BCUT2D eigenvalue weighted by molar-refractivity contribution is 0.0728. The third-order valence-corrected chi connectivity index (χ3v) is 4.70. The zero-order chi connectivity index (χ0) is 15.5. The van der Waals surface area contributed by atoms with Crippen LogP contribution in [0.3, 0.4) is 0 Å². The molecule has 0 atom stereocenters. The maximum atomic E-state index is 12.4. The fourth-order valence-corrected chi connectivity index (χ4v) is 3.35. The Morgan fingerprint density at radius 2 is 2.14 bits per heavy atom. The third-order valence-electron chi connectivity index (χ3n) is 3.88. The van der Waals surface area contributed by atoms with Gasteiger partial charge < -0.3 is 9.32 Å². The Bertz CT molecular complexity index is 649. The Hall–Kier alpha value is -1.66. The van der Waals surface area contributed by atoms with Crippen molar-refractivity contribution in [2.45, 2.75) is 26.8 Å². The number of hydrogen-bond acceptors (Lipinski definition) is 5. The van der Waals surface area contributed by atoms with Crippen LogP contribution in [0.15, 0.2) is 21.9 Å². The molecular weight excluding hydrogens is 298 g/mol. The number of amides is 1. The Labute approximate surface area is 134 Å². The normalized spacial score (nSPS) is 16.7. The zero-order valence-electron chi connectivity index (χ0n) is 13.0. The number of furan rings is 1. The lowest BCUT2D eigenvalue weighted by atomic mass is 10.3. The molecule has 1 aliphatic rings. The number of thiazole rings is 1. The van der Waals surface area contributed by atoms with Crippen molar-refractivity contribution in [3.8, 4) is 0 Å². The molecule has 118 valence electrons. The fourth-order valence-electron chi connectivity index (χ4n) is 2.75. The molecule has 0 spiro atoms. The van der Waals surface area contributed by atoms with Crippen LogP contribution in [0.2, 0.25) is 0 Å². The first-order valence-corrected chi connectivity index (χ1v) is 8.49. The highest BCUT2D eigenvalue weighted by molar-refractivity contribution is 7.09. The average molecular weight is 319 g/mol. The van der Waals surface area contributed by atoms with E-state index in [2.05, 4.69) is 15.3 Å². The quantitative estimate of drug-likeness (QED) is 0.873. The molecule has 3 heterocycles. The van der Waals surface area contributed by atoms with Crippen LogP contribution in [0.25, 0.3) is 0 Å². The number of aromatic nitrogens is 1. The minimum absolute atomic E-state index is 0.000507. The van der Waals surface area contributed by atoms with Crippen molar-refractivity contribution in [2.24, 2.45) is 0 Å². The van der Waals surface area contributed by atoms with Gasteiger partial charge in [-0.25, -0.2) is 4.98 Å². The number of carbonyl (C=O) groups excluding carboxylic acids is 1. The standard InChI is InChI=1S/C16H21N3O2S/c1-12-4-5-15(21-12)16(20)19-7-3-6-18(8-9-19)10-14-11-22-13(2)17-14/h4-5,11H,3,6-10H2,1-2H3. The predicted molar refractivity (Wildman–Crippen MR) is 86.1 cm³/mol. The molecule has 0 saturated carbocycles. The van der Waals surface area contributed by atoms with Crippen molar-refractivity contribution in [1.82, 2.24) is 14.8 Å². The van der Waals surface area contributed by atoms with Crippen molar-refractivity contribution >= 4 is 17.2 Å². The van der Waals surface area contributed by atoms with Gasteiger partial charge in [0.15, 0.2) is 5.76 Å². The molecule has 0 radical (unpaired) electrons. The molecule has 1 saturated heterocycles. The van der Waals surface area contributed by atoms with Crippen LogP contribution in [-0.2, 0) is 6.54 Å². The summed E-state index contributed by atoms with van der Waals surface area (Å²) in [4.78, 5) is 21.2. The molecule has 1 fully saturated rings. The molecule has 3 rings (SSSR count). The summed E-state index contributed by atoms with van der Waals surface area (Å²) in [5.41, 5.74) is 1.13. The minimum atomic E-state index is -0.000507. The molecule has 2 aromatic heterocycles. The zero-order valence-corrected chi connectivity index (χ0v) is 13.9. The summed E-state index contributed by atoms with van der Waals surface area (Å²) in [5, 5.41) is 3.23. The molecule has 2 aromatic rings. The summed E-state index contributed by atoms with van der Waals surface area (Å²) in [6.07, 6.45) is 0.981. The number of hydrogen-bond donors (Lipinski definition) is 0. The monoisotopic (exact) mass is 319 g/mol. The highest BCUT2D eigenvalue weighted by atomic mass is 32.1. The lowest BCUT2D eigenvalue weighted by Gasteiger charge is -2.20. The van der Waals surface area contributed by atoms with Crippen LogP contribution in [0.1, 0.15) is 33.4 Å². The maximum absolute atomic E-state index is 12.4. The summed E-state index contributed by atoms with van der Waals surface area (Å²) < 4.78 is 5.45. The number of carbonyl (C=O) groups is 1. The van der Waals surface area contributed by atoms with Crippen LogP contribution in [0, 0.1) is 13.8 Å². The first kappa shape index (κ1) is 15.2. The topological polar surface area (TPSA) is 49.6 Å². The van der Waals surface area contributed by atoms with Crippen LogP contribution in [-0.4, -0.2) is 46.9 Å². The Balaban J connectivity index is 1.58. The van der Waals surface area contributed by atoms with Gasteiger partial charge in [-0.15, -0.1) is 11.3 Å². The van der Waals surface area contributed by atoms with Gasteiger partial charge in [0.05, 0.1) is 10.7 Å². The van der Waals surface area contributed by atoms with Crippen LogP contribution < -0.4 is 0 Å². The Morgan fingerprint density at radius 3 is 2.82 bits per heavy atom. The summed E-state index contributed by atoms with van der Waals surface area (Å²) in [6.45, 7) is 8.15. The van der Waals surface area contributed by atoms with E-state index in [9.17, 15) is 4.79 Å². The van der Waals surface area contributed by atoms with Crippen molar-refractivity contribution in [3.63, 3.8) is 0 Å². The molecule has 1 amide bonds. The Kier molecular flexibility index (Phi) is 4.59. The van der Waals surface area contributed by atoms with Crippen LogP contribution in [0.4, 0.5) is 0 Å². The largest absolute Gasteiger partial charge is 0.456 e. The van der Waals surface area contributed by atoms with Gasteiger partial charge in [0.2, 0.25) is 0 Å². The fraction of sp³-hybridized carbons (Fsp3) is 0.500. The average Bonchev–Trinajstić information content (AvgIpc) is 3.02. The van der Waals surface area contributed by atoms with Gasteiger partial charge in [-0.3, -0.25) is 9.69 Å². The number of aryl methyl sites for hydroxylation is 2. The van der Waals surface area contributed by atoms with E-state index in [1.165, 1.54) is 0 Å². The van der Waals surface area contributed by atoms with Gasteiger partial charge in [0.1, 0.15) is 5.76 Å². The molecule has 0 bridgehead atoms. The lowest BCUT2D eigenvalue weighted by Crippen LogP contribution is -2.34. The smallest absolute Gasteiger partial charge is 0.289 e. The van der Waals surface area contributed by atoms with Crippen molar-refractivity contribution in [2.75, 3.05) is 26.2 Å². The van der Waals surface area contributed by atoms with E-state index < -0.39 is 0 Å².